The van der Waals surface area contributed by atoms with Crippen molar-refractivity contribution >= 4 is 23.5 Å². The largest absolute Gasteiger partial charge is 0.373 e. The van der Waals surface area contributed by atoms with Gasteiger partial charge in [0.05, 0.1) is 12.7 Å². The molecular formula is C28H45ClN4O3. The van der Waals surface area contributed by atoms with E-state index < -0.39 is 0 Å². The molecule has 1 heterocycles. The number of hydrogen-bond acceptors (Lipinski definition) is 4. The lowest BCUT2D eigenvalue weighted by molar-refractivity contribution is -0.123. The molecule has 0 radical (unpaired) electrons. The first-order valence-corrected chi connectivity index (χ1v) is 14.2. The number of piperidine rings is 1. The molecule has 1 aromatic rings. The van der Waals surface area contributed by atoms with Gasteiger partial charge in [-0.3, -0.25) is 4.79 Å². The third kappa shape index (κ3) is 9.24. The highest BCUT2D eigenvalue weighted by atomic mass is 35.5. The fourth-order valence-electron chi connectivity index (χ4n) is 5.72. The van der Waals surface area contributed by atoms with Crippen LogP contribution >= 0.6 is 11.6 Å². The van der Waals surface area contributed by atoms with Crippen LogP contribution in [0.2, 0.25) is 5.02 Å². The molecule has 3 amide bonds. The van der Waals surface area contributed by atoms with Crippen LogP contribution in [0.4, 0.5) is 4.79 Å². The number of nitrogens with one attached hydrogen (secondary N) is 3. The molecule has 1 aliphatic carbocycles. The highest BCUT2D eigenvalue weighted by Gasteiger charge is 2.32. The van der Waals surface area contributed by atoms with Crippen molar-refractivity contribution in [3.8, 4) is 0 Å². The summed E-state index contributed by atoms with van der Waals surface area (Å²) in [5, 5.41) is 10.1. The van der Waals surface area contributed by atoms with Gasteiger partial charge in [-0.05, 0) is 56.8 Å². The van der Waals surface area contributed by atoms with Gasteiger partial charge in [0, 0.05) is 49.6 Å². The molecule has 1 unspecified atom stereocenters. The summed E-state index contributed by atoms with van der Waals surface area (Å²) in [5.74, 6) is 0.829. The summed E-state index contributed by atoms with van der Waals surface area (Å²) in [6.45, 7) is 5.01. The predicted molar refractivity (Wildman–Crippen MR) is 145 cm³/mol. The number of rotatable bonds is 12. The Labute approximate surface area is 222 Å². The predicted octanol–water partition coefficient (Wildman–Crippen LogP) is 4.90. The Balaban J connectivity index is 1.63. The average Bonchev–Trinajstić information content (AvgIpc) is 2.87. The van der Waals surface area contributed by atoms with E-state index in [4.69, 9.17) is 16.3 Å². The molecule has 1 aromatic carbocycles. The Kier molecular flexibility index (Phi) is 12.3. The van der Waals surface area contributed by atoms with E-state index in [0.29, 0.717) is 37.1 Å². The van der Waals surface area contributed by atoms with Crippen LogP contribution in [0.5, 0.6) is 0 Å². The number of benzene rings is 1. The molecule has 1 saturated carbocycles. The third-order valence-corrected chi connectivity index (χ3v) is 7.71. The molecule has 0 spiro atoms. The van der Waals surface area contributed by atoms with Crippen molar-refractivity contribution in [1.82, 2.24) is 20.9 Å². The molecule has 3 rings (SSSR count). The van der Waals surface area contributed by atoms with E-state index in [1.807, 2.05) is 43.1 Å². The number of urea groups is 1. The van der Waals surface area contributed by atoms with E-state index in [0.717, 1.165) is 37.9 Å². The molecule has 2 aliphatic rings. The molecule has 1 saturated heterocycles. The smallest absolute Gasteiger partial charge is 0.317 e. The van der Waals surface area contributed by atoms with Gasteiger partial charge in [-0.15, -0.1) is 0 Å². The normalized spacial score (nSPS) is 20.5. The minimum atomic E-state index is -0.218. The summed E-state index contributed by atoms with van der Waals surface area (Å²) in [4.78, 5) is 27.2. The number of likely N-dealkylation sites (N-methyl/N-ethyl adjacent to an activating group) is 1. The first-order valence-electron chi connectivity index (χ1n) is 13.8. The minimum Gasteiger partial charge on any atom is -0.373 e. The summed E-state index contributed by atoms with van der Waals surface area (Å²) in [7, 11) is 1.95. The quantitative estimate of drug-likeness (QED) is 0.366. The maximum Gasteiger partial charge on any atom is 0.317 e. The van der Waals surface area contributed by atoms with Crippen LogP contribution in [-0.4, -0.2) is 62.7 Å². The van der Waals surface area contributed by atoms with Crippen molar-refractivity contribution in [3.63, 3.8) is 0 Å². The van der Waals surface area contributed by atoms with Crippen molar-refractivity contribution in [1.29, 1.82) is 0 Å². The number of hydrogen-bond donors (Lipinski definition) is 3. The zero-order valence-corrected chi connectivity index (χ0v) is 22.8. The lowest BCUT2D eigenvalue weighted by atomic mass is 9.85. The molecule has 8 heteroatoms. The van der Waals surface area contributed by atoms with E-state index in [1.54, 1.807) is 0 Å². The van der Waals surface area contributed by atoms with E-state index in [2.05, 4.69) is 16.0 Å². The van der Waals surface area contributed by atoms with Crippen LogP contribution < -0.4 is 16.0 Å². The minimum absolute atomic E-state index is 0.0134. The van der Waals surface area contributed by atoms with Gasteiger partial charge in [0.15, 0.2) is 0 Å². The van der Waals surface area contributed by atoms with Crippen LogP contribution in [0.15, 0.2) is 24.3 Å². The second kappa shape index (κ2) is 15.4. The van der Waals surface area contributed by atoms with Gasteiger partial charge in [0.25, 0.3) is 0 Å². The van der Waals surface area contributed by atoms with E-state index in [1.165, 1.54) is 32.1 Å². The number of carbonyl (C=O) groups excluding carboxylic acids is 2. The molecule has 3 N–H and O–H groups in total. The van der Waals surface area contributed by atoms with Crippen molar-refractivity contribution in [2.45, 2.75) is 76.9 Å². The third-order valence-electron chi connectivity index (χ3n) is 7.47. The maximum absolute atomic E-state index is 13.3. The first-order chi connectivity index (χ1) is 17.5. The lowest BCUT2D eigenvalue weighted by Crippen LogP contribution is -2.52. The number of amides is 3. The van der Waals surface area contributed by atoms with E-state index >= 15 is 0 Å². The Bertz CT molecular complexity index is 818. The monoisotopic (exact) mass is 520 g/mol. The molecule has 202 valence electrons. The lowest BCUT2D eigenvalue weighted by Gasteiger charge is -2.38. The molecule has 1 aliphatic heterocycles. The molecule has 2 fully saturated rings. The Morgan fingerprint density at radius 3 is 2.69 bits per heavy atom. The van der Waals surface area contributed by atoms with Crippen molar-refractivity contribution in [2.75, 3.05) is 39.8 Å². The Hall–Kier alpha value is -1.83. The molecule has 0 aromatic heterocycles. The summed E-state index contributed by atoms with van der Waals surface area (Å²) >= 11 is 6.30. The van der Waals surface area contributed by atoms with Gasteiger partial charge in [0.2, 0.25) is 5.91 Å². The fraction of sp³-hybridized carbons (Fsp3) is 0.714. The summed E-state index contributed by atoms with van der Waals surface area (Å²) < 4.78 is 6.30. The van der Waals surface area contributed by atoms with Crippen molar-refractivity contribution in [2.24, 2.45) is 11.8 Å². The molecule has 36 heavy (non-hydrogen) atoms. The highest BCUT2D eigenvalue weighted by molar-refractivity contribution is 6.30. The topological polar surface area (TPSA) is 82.7 Å². The van der Waals surface area contributed by atoms with Gasteiger partial charge >= 0.3 is 6.03 Å². The van der Waals surface area contributed by atoms with Crippen LogP contribution in [0, 0.1) is 11.8 Å². The van der Waals surface area contributed by atoms with Crippen LogP contribution in [0.3, 0.4) is 0 Å². The van der Waals surface area contributed by atoms with E-state index in [9.17, 15) is 9.59 Å². The SMILES string of the molecule is CCNC(=O)CCO[C@H](c1cccc(Cl)c1)[C@@H]1CCCN(C(=O)NC(CNC)CC2CCCCC2)C1. The highest BCUT2D eigenvalue weighted by Crippen LogP contribution is 2.34. The molecular weight excluding hydrogens is 476 g/mol. The molecule has 3 atom stereocenters. The Morgan fingerprint density at radius 2 is 1.97 bits per heavy atom. The number of carbonyl (C=O) groups is 2. The summed E-state index contributed by atoms with van der Waals surface area (Å²) in [6.07, 6.45) is 9.53. The second-order valence-corrected chi connectivity index (χ2v) is 10.8. The zero-order valence-electron chi connectivity index (χ0n) is 22.1. The van der Waals surface area contributed by atoms with Gasteiger partial charge in [0.1, 0.15) is 0 Å². The molecule has 7 nitrogen and oxygen atoms in total. The van der Waals surface area contributed by atoms with Crippen molar-refractivity contribution in [3.05, 3.63) is 34.9 Å². The van der Waals surface area contributed by atoms with E-state index in [-0.39, 0.29) is 30.0 Å². The number of nitrogens with zero attached hydrogens (tertiary/aromatic N) is 1. The first kappa shape index (κ1) is 28.7. The second-order valence-electron chi connectivity index (χ2n) is 10.3. The van der Waals surface area contributed by atoms with Crippen molar-refractivity contribution < 1.29 is 14.3 Å². The van der Waals surface area contributed by atoms with Gasteiger partial charge < -0.3 is 25.6 Å². The fourth-order valence-corrected chi connectivity index (χ4v) is 5.92. The number of halogens is 1. The van der Waals surface area contributed by atoms with Gasteiger partial charge in [-0.2, -0.15) is 0 Å². The van der Waals surface area contributed by atoms with Crippen LogP contribution in [-0.2, 0) is 9.53 Å². The average molecular weight is 521 g/mol. The number of ether oxygens (including phenoxy) is 1. The summed E-state index contributed by atoms with van der Waals surface area (Å²) in [5.41, 5.74) is 0.996. The van der Waals surface area contributed by atoms with Crippen LogP contribution in [0.1, 0.15) is 76.4 Å². The summed E-state index contributed by atoms with van der Waals surface area (Å²) in [6, 6.07) is 7.90. The maximum atomic E-state index is 13.3. The Morgan fingerprint density at radius 1 is 1.17 bits per heavy atom. The number of likely N-dealkylation sites (tertiary alicyclic amines) is 1. The molecule has 0 bridgehead atoms. The standard InChI is InChI=1S/C28H45ClN4O3/c1-3-31-26(34)14-16-36-27(22-11-7-13-24(29)18-22)23-12-8-15-33(20-23)28(35)32-25(19-30-2)17-21-9-5-4-6-10-21/h7,11,13,18,21,23,25,27,30H,3-6,8-10,12,14-17,19-20H2,1-2H3,(H,31,34)(H,32,35)/t23-,25?,27-/m1/s1. The van der Waals surface area contributed by atoms with Gasteiger partial charge in [-0.25, -0.2) is 4.79 Å². The van der Waals surface area contributed by atoms with Gasteiger partial charge in [-0.1, -0.05) is 55.8 Å². The zero-order chi connectivity index (χ0) is 25.8. The van der Waals surface area contributed by atoms with Crippen LogP contribution in [0.25, 0.3) is 0 Å².